The van der Waals surface area contributed by atoms with Crippen molar-refractivity contribution < 1.29 is 59.4 Å². The SMILES string of the molecule is O=C(O)CN(CC(=O)O)C(CCn1cc(-c2ccc(-c3cn(CCC(C(=O)O)N(CC(=O)O)CC(=O)O)nn3)cc2)nn1)C(=O)O. The molecule has 0 spiro atoms. The molecule has 0 aliphatic rings. The number of benzene rings is 1. The van der Waals surface area contributed by atoms with E-state index in [1.807, 2.05) is 0 Å². The third-order valence-corrected chi connectivity index (χ3v) is 6.62. The van der Waals surface area contributed by atoms with Gasteiger partial charge in [0.05, 0.1) is 38.6 Å². The molecule has 46 heavy (non-hydrogen) atoms. The molecule has 246 valence electrons. The van der Waals surface area contributed by atoms with Gasteiger partial charge in [-0.1, -0.05) is 34.7 Å². The van der Waals surface area contributed by atoms with Gasteiger partial charge in [-0.15, -0.1) is 10.2 Å². The fourth-order valence-electron chi connectivity index (χ4n) is 4.57. The molecule has 2 unspecified atom stereocenters. The number of nitrogens with zero attached hydrogens (tertiary/aromatic N) is 8. The van der Waals surface area contributed by atoms with Crippen LogP contribution in [0.4, 0.5) is 0 Å². The summed E-state index contributed by atoms with van der Waals surface area (Å²) in [5.41, 5.74) is 2.14. The van der Waals surface area contributed by atoms with E-state index < -0.39 is 74.1 Å². The van der Waals surface area contributed by atoms with Crippen LogP contribution in [0.3, 0.4) is 0 Å². The Bertz CT molecular complexity index is 1420. The lowest BCUT2D eigenvalue weighted by Gasteiger charge is -2.25. The topological polar surface area (TPSA) is 292 Å². The maximum Gasteiger partial charge on any atom is 0.321 e. The Hall–Kier alpha value is -5.76. The van der Waals surface area contributed by atoms with Gasteiger partial charge in [-0.25, -0.2) is 0 Å². The average molecular weight is 647 g/mol. The molecule has 0 fully saturated rings. The van der Waals surface area contributed by atoms with Crippen LogP contribution in [-0.2, 0) is 41.9 Å². The first-order valence-corrected chi connectivity index (χ1v) is 13.5. The Labute approximate surface area is 258 Å². The van der Waals surface area contributed by atoms with Gasteiger partial charge in [0, 0.05) is 24.2 Å². The summed E-state index contributed by atoms with van der Waals surface area (Å²) in [6, 6.07) is 4.05. The predicted octanol–water partition coefficient (Wildman–Crippen LogP) is -1.17. The van der Waals surface area contributed by atoms with Crippen molar-refractivity contribution in [3.63, 3.8) is 0 Å². The van der Waals surface area contributed by atoms with Gasteiger partial charge in [-0.3, -0.25) is 47.9 Å². The van der Waals surface area contributed by atoms with Crippen LogP contribution in [0.5, 0.6) is 0 Å². The van der Waals surface area contributed by atoms with Crippen molar-refractivity contribution in [2.75, 3.05) is 26.2 Å². The number of aromatic nitrogens is 6. The molecule has 1 aromatic carbocycles. The van der Waals surface area contributed by atoms with Crippen LogP contribution in [0.1, 0.15) is 12.8 Å². The van der Waals surface area contributed by atoms with Crippen molar-refractivity contribution in [3.8, 4) is 22.5 Å². The number of carboxylic acids is 6. The first-order valence-electron chi connectivity index (χ1n) is 13.5. The van der Waals surface area contributed by atoms with E-state index in [0.717, 1.165) is 9.80 Å². The summed E-state index contributed by atoms with van der Waals surface area (Å²) in [6.07, 6.45) is 2.80. The number of carbonyl (C=O) groups is 6. The minimum absolute atomic E-state index is 0.00794. The van der Waals surface area contributed by atoms with Gasteiger partial charge in [0.2, 0.25) is 0 Å². The summed E-state index contributed by atoms with van der Waals surface area (Å²) >= 11 is 0. The molecule has 2 aromatic heterocycles. The fourth-order valence-corrected chi connectivity index (χ4v) is 4.57. The van der Waals surface area contributed by atoms with Crippen LogP contribution >= 0.6 is 0 Å². The summed E-state index contributed by atoms with van der Waals surface area (Å²) in [6.45, 7) is -3.07. The van der Waals surface area contributed by atoms with Crippen LogP contribution in [0.2, 0.25) is 0 Å². The van der Waals surface area contributed by atoms with E-state index >= 15 is 0 Å². The van der Waals surface area contributed by atoms with Crippen LogP contribution in [-0.4, -0.2) is 145 Å². The Balaban J connectivity index is 1.65. The van der Waals surface area contributed by atoms with Crippen molar-refractivity contribution in [2.45, 2.75) is 38.0 Å². The summed E-state index contributed by atoms with van der Waals surface area (Å²) in [7, 11) is 0. The van der Waals surface area contributed by atoms with Crippen molar-refractivity contribution in [1.82, 2.24) is 39.8 Å². The number of rotatable bonds is 20. The Morgan fingerprint density at radius 2 is 0.870 bits per heavy atom. The minimum Gasteiger partial charge on any atom is -0.480 e. The van der Waals surface area contributed by atoms with E-state index in [1.165, 1.54) is 9.36 Å². The summed E-state index contributed by atoms with van der Waals surface area (Å²) in [4.78, 5) is 69.6. The van der Waals surface area contributed by atoms with E-state index in [2.05, 4.69) is 20.6 Å². The molecular formula is C26H30N8O12. The second-order valence-corrected chi connectivity index (χ2v) is 9.98. The highest BCUT2D eigenvalue weighted by atomic mass is 16.4. The fraction of sp³-hybridized carbons (Fsp3) is 0.385. The number of hydrogen-bond acceptors (Lipinski definition) is 12. The molecule has 0 saturated heterocycles. The monoisotopic (exact) mass is 646 g/mol. The molecule has 3 aromatic rings. The Morgan fingerprint density at radius 3 is 1.13 bits per heavy atom. The first-order chi connectivity index (χ1) is 21.7. The normalized spacial score (nSPS) is 12.6. The Morgan fingerprint density at radius 1 is 0.565 bits per heavy atom. The van der Waals surface area contributed by atoms with Crippen LogP contribution in [0.15, 0.2) is 36.7 Å². The van der Waals surface area contributed by atoms with Gasteiger partial charge in [0.15, 0.2) is 0 Å². The smallest absolute Gasteiger partial charge is 0.321 e. The molecule has 0 aliphatic carbocycles. The van der Waals surface area contributed by atoms with Crippen molar-refractivity contribution in [1.29, 1.82) is 0 Å². The Kier molecular flexibility index (Phi) is 11.9. The lowest BCUT2D eigenvalue weighted by molar-refractivity contribution is -0.152. The van der Waals surface area contributed by atoms with E-state index in [9.17, 15) is 39.0 Å². The van der Waals surface area contributed by atoms with E-state index in [4.69, 9.17) is 20.4 Å². The second-order valence-electron chi connectivity index (χ2n) is 9.98. The molecule has 20 nitrogen and oxygen atoms in total. The highest BCUT2D eigenvalue weighted by Gasteiger charge is 2.30. The van der Waals surface area contributed by atoms with Gasteiger partial charge < -0.3 is 30.6 Å². The number of carboxylic acid groups (broad SMARTS) is 6. The molecule has 2 atom stereocenters. The number of aryl methyl sites for hydroxylation is 2. The molecule has 0 amide bonds. The molecule has 0 bridgehead atoms. The van der Waals surface area contributed by atoms with Crippen molar-refractivity contribution in [2.24, 2.45) is 0 Å². The highest BCUT2D eigenvalue weighted by Crippen LogP contribution is 2.22. The highest BCUT2D eigenvalue weighted by molar-refractivity contribution is 5.79. The van der Waals surface area contributed by atoms with Gasteiger partial charge in [-0.05, 0) is 12.8 Å². The molecule has 0 aliphatic heterocycles. The van der Waals surface area contributed by atoms with Crippen molar-refractivity contribution >= 4 is 35.8 Å². The zero-order chi connectivity index (χ0) is 34.0. The van der Waals surface area contributed by atoms with Crippen LogP contribution in [0, 0.1) is 0 Å². The standard InChI is InChI=1S/C26H30N8O12/c35-21(36)11-31(12-22(37)38)19(25(43)44)5-7-33-9-17(27-29-33)15-1-2-16(4-3-15)18-10-34(30-28-18)8-6-20(26(45)46)32(13-23(39)40)14-24(41)42/h1-4,9-10,19-20H,5-8,11-14H2,(H,35,36)(H,37,38)(H,39,40)(H,41,42)(H,43,44)(H,45,46). The largest absolute Gasteiger partial charge is 0.480 e. The average Bonchev–Trinajstić information content (AvgIpc) is 3.62. The summed E-state index contributed by atoms with van der Waals surface area (Å²) in [5.74, 6) is -8.24. The summed E-state index contributed by atoms with van der Waals surface area (Å²) < 4.78 is 2.70. The summed E-state index contributed by atoms with van der Waals surface area (Å²) in [5, 5.41) is 71.4. The number of hydrogen-bond donors (Lipinski definition) is 6. The lowest BCUT2D eigenvalue weighted by Crippen LogP contribution is -2.47. The predicted molar refractivity (Wildman–Crippen MR) is 150 cm³/mol. The lowest BCUT2D eigenvalue weighted by atomic mass is 10.1. The van der Waals surface area contributed by atoms with E-state index in [-0.39, 0.29) is 25.9 Å². The molecule has 0 saturated carbocycles. The van der Waals surface area contributed by atoms with Gasteiger partial charge in [-0.2, -0.15) is 0 Å². The molecule has 20 heteroatoms. The maximum atomic E-state index is 11.7. The maximum absolute atomic E-state index is 11.7. The third-order valence-electron chi connectivity index (χ3n) is 6.62. The molecular weight excluding hydrogens is 616 g/mol. The molecule has 3 rings (SSSR count). The zero-order valence-corrected chi connectivity index (χ0v) is 24.0. The van der Waals surface area contributed by atoms with Gasteiger partial charge in [0.1, 0.15) is 23.5 Å². The quantitative estimate of drug-likeness (QED) is 0.0842. The molecule has 0 radical (unpaired) electrons. The first kappa shape index (κ1) is 34.7. The van der Waals surface area contributed by atoms with Crippen LogP contribution in [0.25, 0.3) is 22.5 Å². The third kappa shape index (κ3) is 10.2. The number of aliphatic carboxylic acids is 6. The van der Waals surface area contributed by atoms with E-state index in [0.29, 0.717) is 22.5 Å². The van der Waals surface area contributed by atoms with Gasteiger partial charge >= 0.3 is 35.8 Å². The molecule has 6 N–H and O–H groups in total. The molecule has 2 heterocycles. The van der Waals surface area contributed by atoms with Gasteiger partial charge in [0.25, 0.3) is 0 Å². The van der Waals surface area contributed by atoms with E-state index in [1.54, 1.807) is 36.7 Å². The zero-order valence-electron chi connectivity index (χ0n) is 24.0. The van der Waals surface area contributed by atoms with Crippen LogP contribution < -0.4 is 0 Å². The minimum atomic E-state index is -1.39. The second kappa shape index (κ2) is 15.8. The van der Waals surface area contributed by atoms with Crippen molar-refractivity contribution in [3.05, 3.63) is 36.7 Å².